The number of ether oxygens (including phenoxy) is 1. The molecule has 0 radical (unpaired) electrons. The number of nitrogens with one attached hydrogen (secondary N) is 3. The van der Waals surface area contributed by atoms with Gasteiger partial charge in [-0.15, -0.1) is 0 Å². The quantitative estimate of drug-likeness (QED) is 0.158. The Bertz CT molecular complexity index is 1520. The van der Waals surface area contributed by atoms with Crippen LogP contribution in [0.25, 0.3) is 0 Å². The molecule has 0 aliphatic heterocycles. The molecule has 0 fully saturated rings. The van der Waals surface area contributed by atoms with Crippen LogP contribution in [-0.4, -0.2) is 56.1 Å². The Balaban J connectivity index is 1.80. The Hall–Kier alpha value is -4.01. The summed E-state index contributed by atoms with van der Waals surface area (Å²) >= 11 is 12.5. The molecule has 3 rings (SSSR count). The van der Waals surface area contributed by atoms with E-state index in [1.807, 2.05) is 0 Å². The SMILES string of the molecule is COCCCCNC(=O)C[C@H](Cc1ccc(F)cc1)NC(=O)[C@@H](Cc1ccc(Cl)cc1Cl)NC(=O)[C@H](N)Cc1ccccc1C#N. The van der Waals surface area contributed by atoms with Crippen molar-refractivity contribution in [3.63, 3.8) is 0 Å². The number of nitrogens with zero attached hydrogens (tertiary/aromatic N) is 1. The monoisotopic (exact) mass is 669 g/mol. The molecule has 0 spiro atoms. The highest BCUT2D eigenvalue weighted by atomic mass is 35.5. The third-order valence-electron chi connectivity index (χ3n) is 7.26. The molecule has 9 nitrogen and oxygen atoms in total. The molecule has 0 saturated carbocycles. The molecule has 3 aromatic rings. The van der Waals surface area contributed by atoms with Crippen LogP contribution in [-0.2, 0) is 38.4 Å². The van der Waals surface area contributed by atoms with Gasteiger partial charge in [-0.3, -0.25) is 14.4 Å². The Morgan fingerprint density at radius 2 is 1.67 bits per heavy atom. The second-order valence-corrected chi connectivity index (χ2v) is 11.7. The number of amides is 3. The maximum Gasteiger partial charge on any atom is 0.243 e. The molecule has 5 N–H and O–H groups in total. The third kappa shape index (κ3) is 12.1. The van der Waals surface area contributed by atoms with Gasteiger partial charge in [-0.2, -0.15) is 5.26 Å². The van der Waals surface area contributed by atoms with Crippen LogP contribution >= 0.6 is 23.2 Å². The van der Waals surface area contributed by atoms with Gasteiger partial charge in [-0.25, -0.2) is 4.39 Å². The number of nitrogens with two attached hydrogens (primary N) is 1. The zero-order valence-electron chi connectivity index (χ0n) is 25.5. The van der Waals surface area contributed by atoms with E-state index in [1.165, 1.54) is 18.2 Å². The van der Waals surface area contributed by atoms with Gasteiger partial charge in [0.2, 0.25) is 17.7 Å². The van der Waals surface area contributed by atoms with Gasteiger partial charge in [0.05, 0.1) is 17.7 Å². The lowest BCUT2D eigenvalue weighted by molar-refractivity contribution is -0.130. The molecule has 244 valence electrons. The second-order valence-electron chi connectivity index (χ2n) is 10.9. The molecule has 3 atom stereocenters. The third-order valence-corrected chi connectivity index (χ3v) is 7.84. The van der Waals surface area contributed by atoms with E-state index in [1.54, 1.807) is 55.6 Å². The van der Waals surface area contributed by atoms with Crippen LogP contribution < -0.4 is 21.7 Å². The summed E-state index contributed by atoms with van der Waals surface area (Å²) in [4.78, 5) is 40.0. The lowest BCUT2D eigenvalue weighted by Gasteiger charge is -2.25. The van der Waals surface area contributed by atoms with Crippen molar-refractivity contribution in [1.82, 2.24) is 16.0 Å². The largest absolute Gasteiger partial charge is 0.385 e. The van der Waals surface area contributed by atoms with E-state index in [-0.39, 0.29) is 31.6 Å². The number of rotatable bonds is 17. The first-order chi connectivity index (χ1) is 22.1. The molecule has 0 aliphatic carbocycles. The summed E-state index contributed by atoms with van der Waals surface area (Å²) in [6.07, 6.45) is 1.76. The Labute approximate surface area is 278 Å². The van der Waals surface area contributed by atoms with Crippen LogP contribution in [0.3, 0.4) is 0 Å². The average Bonchev–Trinajstić information content (AvgIpc) is 3.03. The molecule has 12 heteroatoms. The van der Waals surface area contributed by atoms with Gasteiger partial charge in [-0.05, 0) is 72.7 Å². The highest BCUT2D eigenvalue weighted by molar-refractivity contribution is 6.35. The summed E-state index contributed by atoms with van der Waals surface area (Å²) in [5, 5.41) is 18.6. The van der Waals surface area contributed by atoms with Crippen LogP contribution in [0.15, 0.2) is 66.7 Å². The molecule has 0 saturated heterocycles. The predicted octanol–water partition coefficient (Wildman–Crippen LogP) is 4.26. The smallest absolute Gasteiger partial charge is 0.243 e. The van der Waals surface area contributed by atoms with Crippen molar-refractivity contribution in [3.8, 4) is 6.07 Å². The van der Waals surface area contributed by atoms with E-state index >= 15 is 0 Å². The van der Waals surface area contributed by atoms with Gasteiger partial charge >= 0.3 is 0 Å². The van der Waals surface area contributed by atoms with Gasteiger partial charge in [0.1, 0.15) is 11.9 Å². The number of benzene rings is 3. The molecule has 46 heavy (non-hydrogen) atoms. The maximum absolute atomic E-state index is 13.8. The van der Waals surface area contributed by atoms with Crippen molar-refractivity contribution in [2.24, 2.45) is 5.73 Å². The highest BCUT2D eigenvalue weighted by Gasteiger charge is 2.28. The highest BCUT2D eigenvalue weighted by Crippen LogP contribution is 2.22. The molecule has 0 aliphatic rings. The fourth-order valence-electron chi connectivity index (χ4n) is 4.81. The number of methoxy groups -OCH3 is 1. The van der Waals surface area contributed by atoms with Gasteiger partial charge in [0.15, 0.2) is 0 Å². The van der Waals surface area contributed by atoms with Gasteiger partial charge in [0.25, 0.3) is 0 Å². The van der Waals surface area contributed by atoms with Crippen LogP contribution in [0.5, 0.6) is 0 Å². The van der Waals surface area contributed by atoms with E-state index < -0.39 is 35.8 Å². The lowest BCUT2D eigenvalue weighted by Crippen LogP contribution is -2.55. The fourth-order valence-corrected chi connectivity index (χ4v) is 5.29. The summed E-state index contributed by atoms with van der Waals surface area (Å²) < 4.78 is 18.6. The molecule has 0 heterocycles. The predicted molar refractivity (Wildman–Crippen MR) is 176 cm³/mol. The van der Waals surface area contributed by atoms with E-state index in [0.717, 1.165) is 12.8 Å². The molecule has 3 aromatic carbocycles. The van der Waals surface area contributed by atoms with Crippen LogP contribution in [0.2, 0.25) is 10.0 Å². The molecule has 0 unspecified atom stereocenters. The number of unbranched alkanes of at least 4 members (excludes halogenated alkanes) is 1. The summed E-state index contributed by atoms with van der Waals surface area (Å²) in [7, 11) is 1.61. The minimum atomic E-state index is -1.13. The first-order valence-corrected chi connectivity index (χ1v) is 15.6. The van der Waals surface area contributed by atoms with E-state index in [4.69, 9.17) is 33.7 Å². The van der Waals surface area contributed by atoms with Gasteiger partial charge in [-0.1, -0.05) is 59.6 Å². The molecule has 3 amide bonds. The van der Waals surface area contributed by atoms with Crippen molar-refractivity contribution >= 4 is 40.9 Å². The first kappa shape index (κ1) is 36.5. The average molecular weight is 671 g/mol. The van der Waals surface area contributed by atoms with Gasteiger partial charge in [0, 0.05) is 49.2 Å². The number of hydrogen-bond acceptors (Lipinski definition) is 6. The first-order valence-electron chi connectivity index (χ1n) is 14.9. The minimum absolute atomic E-state index is 0.00401. The minimum Gasteiger partial charge on any atom is -0.385 e. The zero-order chi connectivity index (χ0) is 33.5. The standard InChI is InChI=1S/C34H38Cl2FN5O4/c1-46-15-5-4-14-40-32(43)20-28(16-22-8-12-27(37)13-9-22)41-34(45)31(18-24-10-11-26(35)19-29(24)36)42-33(44)30(39)17-23-6-2-3-7-25(23)21-38/h2-3,6-13,19,28,30-31H,4-5,14-18,20,39H2,1H3,(H,40,43)(H,41,45)(H,42,44)/t28-,30+,31+/m0/s1. The van der Waals surface area contributed by atoms with Crippen molar-refractivity contribution < 1.29 is 23.5 Å². The van der Waals surface area contributed by atoms with Crippen LogP contribution in [0.4, 0.5) is 4.39 Å². The van der Waals surface area contributed by atoms with Crippen molar-refractivity contribution in [2.45, 2.75) is 56.7 Å². The summed E-state index contributed by atoms with van der Waals surface area (Å²) in [6.45, 7) is 1.03. The Kier molecular flexibility index (Phi) is 14.9. The second kappa shape index (κ2) is 18.8. The summed E-state index contributed by atoms with van der Waals surface area (Å²) in [6, 6.07) is 16.6. The molecular formula is C34H38Cl2FN5O4. The van der Waals surface area contributed by atoms with E-state index in [2.05, 4.69) is 22.0 Å². The molecular weight excluding hydrogens is 632 g/mol. The number of halogens is 3. The Morgan fingerprint density at radius 1 is 0.935 bits per heavy atom. The number of hydrogen-bond donors (Lipinski definition) is 4. The van der Waals surface area contributed by atoms with E-state index in [9.17, 15) is 24.0 Å². The van der Waals surface area contributed by atoms with Crippen LogP contribution in [0, 0.1) is 17.1 Å². The van der Waals surface area contributed by atoms with Crippen molar-refractivity contribution in [2.75, 3.05) is 20.3 Å². The number of carbonyl (C=O) groups excluding carboxylic acids is 3. The lowest BCUT2D eigenvalue weighted by atomic mass is 9.99. The van der Waals surface area contributed by atoms with Crippen molar-refractivity contribution in [3.05, 3.63) is 105 Å². The molecule has 0 bridgehead atoms. The van der Waals surface area contributed by atoms with Gasteiger partial charge < -0.3 is 26.4 Å². The number of nitriles is 1. The van der Waals surface area contributed by atoms with Crippen LogP contribution in [0.1, 0.15) is 41.5 Å². The maximum atomic E-state index is 13.8. The van der Waals surface area contributed by atoms with Crippen molar-refractivity contribution in [1.29, 1.82) is 5.26 Å². The van der Waals surface area contributed by atoms with E-state index in [0.29, 0.717) is 45.5 Å². The fraction of sp³-hybridized carbons (Fsp3) is 0.353. The number of carbonyl (C=O) groups is 3. The Morgan fingerprint density at radius 3 is 2.37 bits per heavy atom. The molecule has 0 aromatic heterocycles. The zero-order valence-corrected chi connectivity index (χ0v) is 27.0. The summed E-state index contributed by atoms with van der Waals surface area (Å²) in [5.74, 6) is -1.86. The summed E-state index contributed by atoms with van der Waals surface area (Å²) in [5.41, 5.74) is 8.49. The topological polar surface area (TPSA) is 146 Å². The normalized spacial score (nSPS) is 12.8.